The predicted octanol–water partition coefficient (Wildman–Crippen LogP) is 4.73. The van der Waals surface area contributed by atoms with Crippen molar-refractivity contribution in [2.24, 2.45) is 0 Å². The lowest BCUT2D eigenvalue weighted by atomic mass is 10.1. The summed E-state index contributed by atoms with van der Waals surface area (Å²) in [4.78, 5) is 11.8. The van der Waals surface area contributed by atoms with Gasteiger partial charge in [0.05, 0.1) is 17.7 Å². The van der Waals surface area contributed by atoms with E-state index >= 15 is 0 Å². The van der Waals surface area contributed by atoms with Crippen LogP contribution in [0.5, 0.6) is 5.75 Å². The Hall–Kier alpha value is -2.41. The normalized spacial score (nSPS) is 11.1. The van der Waals surface area contributed by atoms with Gasteiger partial charge in [0, 0.05) is 12.2 Å². The zero-order valence-corrected chi connectivity index (χ0v) is 14.0. The second-order valence-corrected chi connectivity index (χ2v) is 5.58. The van der Waals surface area contributed by atoms with E-state index < -0.39 is 17.8 Å². The summed E-state index contributed by atoms with van der Waals surface area (Å²) < 4.78 is 42.5. The fraction of sp³-hybridized carbons (Fsp3) is 0.235. The molecule has 0 spiro atoms. The Bertz CT molecular complexity index is 734. The minimum absolute atomic E-state index is 0.279. The number of hydrogen-bond donors (Lipinski definition) is 2. The van der Waals surface area contributed by atoms with Crippen molar-refractivity contribution in [2.75, 3.05) is 19.0 Å². The van der Waals surface area contributed by atoms with E-state index in [0.29, 0.717) is 28.4 Å². The summed E-state index contributed by atoms with van der Waals surface area (Å²) in [5, 5.41) is 5.60. The second kappa shape index (κ2) is 8.11. The van der Waals surface area contributed by atoms with Crippen LogP contribution in [0.3, 0.4) is 0 Å². The van der Waals surface area contributed by atoms with Crippen LogP contribution in [0.15, 0.2) is 42.5 Å². The molecule has 0 heterocycles. The molecule has 8 heteroatoms. The molecule has 2 aromatic rings. The zero-order valence-electron chi connectivity index (χ0n) is 13.3. The Morgan fingerprint density at radius 1 is 1.16 bits per heavy atom. The maximum Gasteiger partial charge on any atom is 0.416 e. The van der Waals surface area contributed by atoms with E-state index in [2.05, 4.69) is 10.6 Å². The standard InChI is InChI=1S/C17H16ClF3N2O2/c1-25-15-7-6-13(10-14(15)18)23-16(24)22-9-8-11-2-4-12(5-3-11)17(19,20)21/h2-7,10H,8-9H2,1H3,(H2,22,23,24). The molecule has 0 atom stereocenters. The number of carbonyl (C=O) groups excluding carboxylic acids is 1. The fourth-order valence-electron chi connectivity index (χ4n) is 2.10. The SMILES string of the molecule is COc1ccc(NC(=O)NCCc2ccc(C(F)(F)F)cc2)cc1Cl. The van der Waals surface area contributed by atoms with Gasteiger partial charge in [-0.2, -0.15) is 13.2 Å². The highest BCUT2D eigenvalue weighted by molar-refractivity contribution is 6.32. The van der Waals surface area contributed by atoms with Crippen molar-refractivity contribution in [3.8, 4) is 5.75 Å². The van der Waals surface area contributed by atoms with Crippen LogP contribution in [0.25, 0.3) is 0 Å². The van der Waals surface area contributed by atoms with E-state index in [4.69, 9.17) is 16.3 Å². The van der Waals surface area contributed by atoms with Gasteiger partial charge in [0.25, 0.3) is 0 Å². The maximum absolute atomic E-state index is 12.5. The molecule has 2 rings (SSSR count). The van der Waals surface area contributed by atoms with E-state index in [0.717, 1.165) is 12.1 Å². The largest absolute Gasteiger partial charge is 0.495 e. The summed E-state index contributed by atoms with van der Waals surface area (Å²) in [5.74, 6) is 0.495. The molecule has 2 amide bonds. The molecule has 0 saturated heterocycles. The zero-order chi connectivity index (χ0) is 18.4. The van der Waals surface area contributed by atoms with E-state index in [1.807, 2.05) is 0 Å². The Morgan fingerprint density at radius 2 is 1.84 bits per heavy atom. The van der Waals surface area contributed by atoms with Gasteiger partial charge in [-0.15, -0.1) is 0 Å². The van der Waals surface area contributed by atoms with Gasteiger partial charge in [-0.05, 0) is 42.3 Å². The van der Waals surface area contributed by atoms with Crippen molar-refractivity contribution in [1.82, 2.24) is 5.32 Å². The first kappa shape index (κ1) is 18.9. The van der Waals surface area contributed by atoms with Gasteiger partial charge in [-0.25, -0.2) is 4.79 Å². The third-order valence-corrected chi connectivity index (χ3v) is 3.69. The average Bonchev–Trinajstić information content (AvgIpc) is 2.54. The van der Waals surface area contributed by atoms with Crippen molar-refractivity contribution in [3.05, 3.63) is 58.6 Å². The molecule has 25 heavy (non-hydrogen) atoms. The van der Waals surface area contributed by atoms with Gasteiger partial charge in [0.2, 0.25) is 0 Å². The predicted molar refractivity (Wildman–Crippen MR) is 90.2 cm³/mol. The molecule has 0 aliphatic carbocycles. The van der Waals surface area contributed by atoms with Crippen LogP contribution in [-0.2, 0) is 12.6 Å². The number of rotatable bonds is 5. The van der Waals surface area contributed by atoms with Gasteiger partial charge in [0.1, 0.15) is 5.75 Å². The molecule has 0 unspecified atom stereocenters. The van der Waals surface area contributed by atoms with Gasteiger partial charge in [0.15, 0.2) is 0 Å². The highest BCUT2D eigenvalue weighted by Crippen LogP contribution is 2.29. The summed E-state index contributed by atoms with van der Waals surface area (Å²) in [6.45, 7) is 0.279. The number of carbonyl (C=O) groups is 1. The van der Waals surface area contributed by atoms with Crippen molar-refractivity contribution < 1.29 is 22.7 Å². The number of ether oxygens (including phenoxy) is 1. The van der Waals surface area contributed by atoms with Gasteiger partial charge in [-0.3, -0.25) is 0 Å². The topological polar surface area (TPSA) is 50.4 Å². The Kier molecular flexibility index (Phi) is 6.14. The van der Waals surface area contributed by atoms with Crippen LogP contribution in [0, 0.1) is 0 Å². The second-order valence-electron chi connectivity index (χ2n) is 5.17. The number of methoxy groups -OCH3 is 1. The molecule has 0 saturated carbocycles. The number of halogens is 4. The molecule has 0 aliphatic rings. The van der Waals surface area contributed by atoms with Crippen LogP contribution < -0.4 is 15.4 Å². The van der Waals surface area contributed by atoms with E-state index in [1.165, 1.54) is 19.2 Å². The molecular weight excluding hydrogens is 357 g/mol. The molecule has 0 bridgehead atoms. The molecule has 2 aromatic carbocycles. The van der Waals surface area contributed by atoms with Crippen LogP contribution in [0.4, 0.5) is 23.7 Å². The summed E-state index contributed by atoms with van der Waals surface area (Å²) >= 11 is 5.97. The number of benzene rings is 2. The van der Waals surface area contributed by atoms with Crippen LogP contribution in [0.2, 0.25) is 5.02 Å². The number of urea groups is 1. The van der Waals surface area contributed by atoms with Crippen molar-refractivity contribution in [2.45, 2.75) is 12.6 Å². The van der Waals surface area contributed by atoms with Crippen LogP contribution in [-0.4, -0.2) is 19.7 Å². The molecule has 0 fully saturated rings. The van der Waals surface area contributed by atoms with Gasteiger partial charge in [-0.1, -0.05) is 23.7 Å². The van der Waals surface area contributed by atoms with Crippen molar-refractivity contribution in [1.29, 1.82) is 0 Å². The highest BCUT2D eigenvalue weighted by Gasteiger charge is 2.29. The van der Waals surface area contributed by atoms with E-state index in [1.54, 1.807) is 18.2 Å². The summed E-state index contributed by atoms with van der Waals surface area (Å²) in [5.41, 5.74) is 0.497. The molecule has 0 aliphatic heterocycles. The number of hydrogen-bond acceptors (Lipinski definition) is 2. The van der Waals surface area contributed by atoms with Gasteiger partial charge >= 0.3 is 12.2 Å². The molecule has 4 nitrogen and oxygen atoms in total. The minimum atomic E-state index is -4.35. The Balaban J connectivity index is 1.81. The van der Waals surface area contributed by atoms with E-state index in [9.17, 15) is 18.0 Å². The molecule has 2 N–H and O–H groups in total. The summed E-state index contributed by atoms with van der Waals surface area (Å²) in [6, 6.07) is 9.21. The minimum Gasteiger partial charge on any atom is -0.495 e. The van der Waals surface area contributed by atoms with Crippen molar-refractivity contribution >= 4 is 23.3 Å². The van der Waals surface area contributed by atoms with Crippen LogP contribution in [0.1, 0.15) is 11.1 Å². The number of alkyl halides is 3. The smallest absolute Gasteiger partial charge is 0.416 e. The quantitative estimate of drug-likeness (QED) is 0.797. The molecular formula is C17H16ClF3N2O2. The molecule has 0 radical (unpaired) electrons. The Morgan fingerprint density at radius 3 is 2.40 bits per heavy atom. The monoisotopic (exact) mass is 372 g/mol. The van der Waals surface area contributed by atoms with Crippen LogP contribution >= 0.6 is 11.6 Å². The van der Waals surface area contributed by atoms with Crippen molar-refractivity contribution in [3.63, 3.8) is 0 Å². The molecule has 134 valence electrons. The highest BCUT2D eigenvalue weighted by atomic mass is 35.5. The third kappa shape index (κ3) is 5.56. The fourth-order valence-corrected chi connectivity index (χ4v) is 2.36. The first-order valence-corrected chi connectivity index (χ1v) is 7.72. The number of amides is 2. The van der Waals surface area contributed by atoms with Gasteiger partial charge < -0.3 is 15.4 Å². The lowest BCUT2D eigenvalue weighted by Crippen LogP contribution is -2.30. The number of nitrogens with one attached hydrogen (secondary N) is 2. The third-order valence-electron chi connectivity index (χ3n) is 3.39. The summed E-state index contributed by atoms with van der Waals surface area (Å²) in [6.07, 6.45) is -3.94. The Labute approximate surface area is 147 Å². The number of anilines is 1. The summed E-state index contributed by atoms with van der Waals surface area (Å²) in [7, 11) is 1.49. The first-order valence-electron chi connectivity index (χ1n) is 7.34. The lowest BCUT2D eigenvalue weighted by Gasteiger charge is -2.10. The lowest BCUT2D eigenvalue weighted by molar-refractivity contribution is -0.137. The maximum atomic E-state index is 12.5. The average molecular weight is 373 g/mol. The molecule has 0 aromatic heterocycles. The van der Waals surface area contributed by atoms with E-state index in [-0.39, 0.29) is 6.54 Å². The first-order chi connectivity index (χ1) is 11.8.